The number of esters is 1. The van der Waals surface area contributed by atoms with Gasteiger partial charge in [-0.05, 0) is 43.3 Å². The van der Waals surface area contributed by atoms with Crippen LogP contribution in [0.4, 0.5) is 0 Å². The van der Waals surface area contributed by atoms with Crippen molar-refractivity contribution in [3.8, 4) is 22.7 Å². The molecule has 2 heterocycles. The van der Waals surface area contributed by atoms with E-state index in [4.69, 9.17) is 9.15 Å². The van der Waals surface area contributed by atoms with Crippen LogP contribution in [0, 0.1) is 0 Å². The molecule has 0 atom stereocenters. The highest BCUT2D eigenvalue weighted by Gasteiger charge is 2.13. The normalized spacial score (nSPS) is 11.2. The summed E-state index contributed by atoms with van der Waals surface area (Å²) >= 11 is 0. The minimum Gasteiger partial charge on any atom is -0.462 e. The SMILES string of the molecule is CCOC(=O)c1ccc(-c2ccc(C=Nn3c(-c4ccccc4)nc4ccccc4c3=O)o2)cc1. The van der Waals surface area contributed by atoms with Crippen LogP contribution in [-0.4, -0.2) is 28.5 Å². The van der Waals surface area contributed by atoms with Crippen molar-refractivity contribution in [1.82, 2.24) is 9.66 Å². The van der Waals surface area contributed by atoms with Crippen LogP contribution in [0.15, 0.2) is 105 Å². The molecule has 172 valence electrons. The zero-order valence-corrected chi connectivity index (χ0v) is 18.9. The molecule has 0 unspecified atom stereocenters. The molecule has 2 aromatic heterocycles. The molecule has 0 bridgehead atoms. The summed E-state index contributed by atoms with van der Waals surface area (Å²) < 4.78 is 12.2. The highest BCUT2D eigenvalue weighted by Crippen LogP contribution is 2.23. The van der Waals surface area contributed by atoms with Crippen molar-refractivity contribution in [3.63, 3.8) is 0 Å². The lowest BCUT2D eigenvalue weighted by Crippen LogP contribution is -2.20. The van der Waals surface area contributed by atoms with Crippen molar-refractivity contribution >= 4 is 23.1 Å². The molecule has 5 aromatic rings. The van der Waals surface area contributed by atoms with Crippen molar-refractivity contribution in [2.45, 2.75) is 6.92 Å². The minimum atomic E-state index is -0.366. The van der Waals surface area contributed by atoms with E-state index in [1.165, 1.54) is 10.9 Å². The first kappa shape index (κ1) is 22.0. The van der Waals surface area contributed by atoms with Gasteiger partial charge in [-0.15, -0.1) is 0 Å². The molecule has 0 aliphatic rings. The molecule has 0 aliphatic heterocycles. The molecule has 0 fully saturated rings. The van der Waals surface area contributed by atoms with Crippen molar-refractivity contribution < 1.29 is 13.9 Å². The molecule has 0 saturated heterocycles. The van der Waals surface area contributed by atoms with Gasteiger partial charge in [0.25, 0.3) is 5.56 Å². The van der Waals surface area contributed by atoms with Crippen LogP contribution in [-0.2, 0) is 4.74 Å². The van der Waals surface area contributed by atoms with Crippen molar-refractivity contribution in [2.24, 2.45) is 5.10 Å². The molecule has 0 aliphatic carbocycles. The third-order valence-electron chi connectivity index (χ3n) is 5.39. The number of furan rings is 1. The van der Waals surface area contributed by atoms with Gasteiger partial charge >= 0.3 is 5.97 Å². The van der Waals surface area contributed by atoms with Gasteiger partial charge < -0.3 is 9.15 Å². The summed E-state index contributed by atoms with van der Waals surface area (Å²) in [7, 11) is 0. The van der Waals surface area contributed by atoms with Crippen LogP contribution in [0.1, 0.15) is 23.0 Å². The lowest BCUT2D eigenvalue weighted by atomic mass is 10.1. The predicted octanol–water partition coefficient (Wildman–Crippen LogP) is 5.38. The van der Waals surface area contributed by atoms with Crippen LogP contribution in [0.3, 0.4) is 0 Å². The maximum Gasteiger partial charge on any atom is 0.338 e. The Labute approximate surface area is 200 Å². The lowest BCUT2D eigenvalue weighted by Gasteiger charge is -2.09. The first-order chi connectivity index (χ1) is 17.1. The fourth-order valence-electron chi connectivity index (χ4n) is 3.68. The number of fused-ring (bicyclic) bond motifs is 1. The number of para-hydroxylation sites is 1. The maximum absolute atomic E-state index is 13.2. The Hall–Kier alpha value is -4.78. The number of benzene rings is 3. The van der Waals surface area contributed by atoms with E-state index < -0.39 is 0 Å². The molecule has 0 amide bonds. The van der Waals surface area contributed by atoms with Crippen LogP contribution in [0.5, 0.6) is 0 Å². The van der Waals surface area contributed by atoms with Gasteiger partial charge in [-0.2, -0.15) is 9.78 Å². The zero-order valence-electron chi connectivity index (χ0n) is 18.9. The average Bonchev–Trinajstić information content (AvgIpc) is 3.38. The number of hydrogen-bond donors (Lipinski definition) is 0. The second kappa shape index (κ2) is 9.61. The van der Waals surface area contributed by atoms with Gasteiger partial charge in [-0.25, -0.2) is 9.78 Å². The number of carbonyl (C=O) groups excluding carboxylic acids is 1. The van der Waals surface area contributed by atoms with Gasteiger partial charge in [-0.1, -0.05) is 54.6 Å². The standard InChI is InChI=1S/C28H21N3O4/c1-2-34-28(33)21-14-12-19(13-15-21)25-17-16-22(35-25)18-29-31-26(20-8-4-3-5-9-20)30-24-11-7-6-10-23(24)27(31)32/h3-18H,2H2,1H3. The monoisotopic (exact) mass is 463 g/mol. The molecule has 7 heteroatoms. The van der Waals surface area contributed by atoms with Gasteiger partial charge in [0.15, 0.2) is 5.82 Å². The zero-order chi connectivity index (χ0) is 24.2. The lowest BCUT2D eigenvalue weighted by molar-refractivity contribution is 0.0526. The summed E-state index contributed by atoms with van der Waals surface area (Å²) in [6, 6.07) is 27.2. The summed E-state index contributed by atoms with van der Waals surface area (Å²) in [5.41, 5.74) is 2.38. The molecular weight excluding hydrogens is 442 g/mol. The number of ether oxygens (including phenoxy) is 1. The van der Waals surface area contributed by atoms with E-state index in [-0.39, 0.29) is 11.5 Å². The molecule has 0 radical (unpaired) electrons. The van der Waals surface area contributed by atoms with E-state index in [1.807, 2.05) is 42.5 Å². The van der Waals surface area contributed by atoms with E-state index in [2.05, 4.69) is 10.1 Å². The first-order valence-electron chi connectivity index (χ1n) is 11.1. The second-order valence-corrected chi connectivity index (χ2v) is 7.68. The average molecular weight is 463 g/mol. The number of aromatic nitrogens is 2. The fraction of sp³-hybridized carbons (Fsp3) is 0.0714. The van der Waals surface area contributed by atoms with Crippen molar-refractivity contribution in [2.75, 3.05) is 6.61 Å². The van der Waals surface area contributed by atoms with Crippen LogP contribution in [0.2, 0.25) is 0 Å². The van der Waals surface area contributed by atoms with Gasteiger partial charge in [0.2, 0.25) is 0 Å². The Balaban J connectivity index is 1.49. The molecule has 5 rings (SSSR count). The Morgan fingerprint density at radius 1 is 0.943 bits per heavy atom. The van der Waals surface area contributed by atoms with Gasteiger partial charge in [-0.3, -0.25) is 4.79 Å². The molecule has 0 N–H and O–H groups in total. The fourth-order valence-corrected chi connectivity index (χ4v) is 3.68. The topological polar surface area (TPSA) is 86.7 Å². The molecule has 3 aromatic carbocycles. The summed E-state index contributed by atoms with van der Waals surface area (Å²) in [5.74, 6) is 1.14. The van der Waals surface area contributed by atoms with E-state index in [9.17, 15) is 9.59 Å². The molecule has 0 saturated carbocycles. The Morgan fingerprint density at radius 3 is 2.46 bits per heavy atom. The first-order valence-corrected chi connectivity index (χ1v) is 11.1. The third-order valence-corrected chi connectivity index (χ3v) is 5.39. The van der Waals surface area contributed by atoms with E-state index >= 15 is 0 Å². The molecule has 0 spiro atoms. The quantitative estimate of drug-likeness (QED) is 0.249. The third kappa shape index (κ3) is 4.52. The summed E-state index contributed by atoms with van der Waals surface area (Å²) in [4.78, 5) is 29.8. The summed E-state index contributed by atoms with van der Waals surface area (Å²) in [6.45, 7) is 2.09. The highest BCUT2D eigenvalue weighted by atomic mass is 16.5. The number of hydrogen-bond acceptors (Lipinski definition) is 6. The van der Waals surface area contributed by atoms with E-state index in [0.717, 1.165) is 11.1 Å². The maximum atomic E-state index is 13.2. The molecular formula is C28H21N3O4. The van der Waals surface area contributed by atoms with E-state index in [1.54, 1.807) is 55.5 Å². The molecule has 35 heavy (non-hydrogen) atoms. The van der Waals surface area contributed by atoms with Gasteiger partial charge in [0, 0.05) is 11.1 Å². The number of rotatable bonds is 6. The van der Waals surface area contributed by atoms with E-state index in [0.29, 0.717) is 40.4 Å². The summed E-state index contributed by atoms with van der Waals surface area (Å²) in [6.07, 6.45) is 1.49. The Bertz CT molecular complexity index is 1580. The minimum absolute atomic E-state index is 0.271. The number of carbonyl (C=O) groups is 1. The van der Waals surface area contributed by atoms with Crippen molar-refractivity contribution in [3.05, 3.63) is 113 Å². The molecule has 7 nitrogen and oxygen atoms in total. The van der Waals surface area contributed by atoms with Crippen LogP contribution >= 0.6 is 0 Å². The Kier molecular flexibility index (Phi) is 6.05. The van der Waals surface area contributed by atoms with Gasteiger partial charge in [0.05, 0.1) is 29.3 Å². The summed E-state index contributed by atoms with van der Waals surface area (Å²) in [5, 5.41) is 4.91. The van der Waals surface area contributed by atoms with Gasteiger partial charge in [0.1, 0.15) is 11.5 Å². The van der Waals surface area contributed by atoms with Crippen LogP contribution in [0.25, 0.3) is 33.6 Å². The second-order valence-electron chi connectivity index (χ2n) is 7.68. The highest BCUT2D eigenvalue weighted by molar-refractivity contribution is 5.90. The van der Waals surface area contributed by atoms with Crippen molar-refractivity contribution in [1.29, 1.82) is 0 Å². The smallest absolute Gasteiger partial charge is 0.338 e. The van der Waals surface area contributed by atoms with Crippen LogP contribution < -0.4 is 5.56 Å². The number of nitrogens with zero attached hydrogens (tertiary/aromatic N) is 3. The Morgan fingerprint density at radius 2 is 1.69 bits per heavy atom. The predicted molar refractivity (Wildman–Crippen MR) is 135 cm³/mol. The largest absolute Gasteiger partial charge is 0.462 e.